The Labute approximate surface area is 158 Å². The monoisotopic (exact) mass is 395 g/mol. The highest BCUT2D eigenvalue weighted by molar-refractivity contribution is 6.09. The summed E-state index contributed by atoms with van der Waals surface area (Å²) >= 11 is 0. The number of rotatable bonds is 4. The minimum absolute atomic E-state index is 0.0224. The van der Waals surface area contributed by atoms with Gasteiger partial charge < -0.3 is 10.1 Å². The Kier molecular flexibility index (Phi) is 6.25. The van der Waals surface area contributed by atoms with Crippen molar-refractivity contribution in [3.05, 3.63) is 65.2 Å². The first-order valence-corrected chi connectivity index (χ1v) is 8.56. The predicted molar refractivity (Wildman–Crippen MR) is 95.1 cm³/mol. The van der Waals surface area contributed by atoms with Crippen LogP contribution in [0.1, 0.15) is 23.2 Å². The maximum atomic E-state index is 13.4. The van der Waals surface area contributed by atoms with Gasteiger partial charge >= 0.3 is 0 Å². The number of guanidine groups is 1. The average Bonchev–Trinajstić information content (AvgIpc) is 3.14. The van der Waals surface area contributed by atoms with E-state index in [-0.39, 0.29) is 29.9 Å². The number of nitrogens with one attached hydrogen (secondary N) is 2. The largest absolute Gasteiger partial charge is 0.376 e. The average molecular weight is 395 g/mol. The Bertz CT molecular complexity index is 878. The van der Waals surface area contributed by atoms with Gasteiger partial charge in [0.15, 0.2) is 11.6 Å². The first kappa shape index (κ1) is 19.8. The van der Waals surface area contributed by atoms with E-state index in [1.54, 1.807) is 0 Å². The molecule has 148 valence electrons. The topological polar surface area (TPSA) is 62.7 Å². The molecule has 3 rings (SSSR count). The van der Waals surface area contributed by atoms with Crippen molar-refractivity contribution in [1.29, 1.82) is 0 Å². The van der Waals surface area contributed by atoms with Crippen molar-refractivity contribution in [2.24, 2.45) is 4.99 Å². The van der Waals surface area contributed by atoms with E-state index in [2.05, 4.69) is 15.6 Å². The number of carbonyl (C=O) groups excluding carboxylic acids is 1. The van der Waals surface area contributed by atoms with Gasteiger partial charge in [-0.2, -0.15) is 0 Å². The molecule has 2 aromatic carbocycles. The molecule has 28 heavy (non-hydrogen) atoms. The van der Waals surface area contributed by atoms with Crippen LogP contribution in [0.5, 0.6) is 0 Å². The smallest absolute Gasteiger partial charge is 0.258 e. The number of nitrogens with zero attached hydrogens (tertiary/aromatic N) is 1. The van der Waals surface area contributed by atoms with Crippen LogP contribution in [0.25, 0.3) is 0 Å². The van der Waals surface area contributed by atoms with E-state index >= 15 is 0 Å². The molecule has 0 spiro atoms. The first-order chi connectivity index (χ1) is 13.4. The molecule has 0 saturated carbocycles. The molecule has 1 atom stereocenters. The highest BCUT2D eigenvalue weighted by atomic mass is 19.2. The Morgan fingerprint density at radius 1 is 1.07 bits per heavy atom. The number of hydrogen-bond donors (Lipinski definition) is 2. The van der Waals surface area contributed by atoms with E-state index in [0.29, 0.717) is 12.7 Å². The summed E-state index contributed by atoms with van der Waals surface area (Å²) in [7, 11) is 0. The molecule has 1 saturated heterocycles. The zero-order valence-corrected chi connectivity index (χ0v) is 14.6. The van der Waals surface area contributed by atoms with Gasteiger partial charge in [0.2, 0.25) is 5.96 Å². The minimum Gasteiger partial charge on any atom is -0.376 e. The number of carbonyl (C=O) groups is 1. The fourth-order valence-corrected chi connectivity index (χ4v) is 2.67. The van der Waals surface area contributed by atoms with Gasteiger partial charge in [0.25, 0.3) is 5.91 Å². The van der Waals surface area contributed by atoms with Crippen molar-refractivity contribution in [2.75, 3.05) is 18.5 Å². The lowest BCUT2D eigenvalue weighted by Crippen LogP contribution is -2.37. The molecule has 0 unspecified atom stereocenters. The maximum Gasteiger partial charge on any atom is 0.258 e. The third-order valence-corrected chi connectivity index (χ3v) is 4.02. The number of amides is 1. The van der Waals surface area contributed by atoms with Gasteiger partial charge in [0.1, 0.15) is 11.6 Å². The summed E-state index contributed by atoms with van der Waals surface area (Å²) in [5.41, 5.74) is -0.120. The summed E-state index contributed by atoms with van der Waals surface area (Å²) in [6.07, 6.45) is 1.54. The quantitative estimate of drug-likeness (QED) is 0.472. The van der Waals surface area contributed by atoms with Crippen molar-refractivity contribution in [1.82, 2.24) is 5.32 Å². The van der Waals surface area contributed by atoms with Crippen LogP contribution in [0.4, 0.5) is 23.2 Å². The molecule has 5 nitrogen and oxygen atoms in total. The third kappa shape index (κ3) is 5.29. The molecule has 0 radical (unpaired) electrons. The van der Waals surface area contributed by atoms with Gasteiger partial charge in [0, 0.05) is 23.9 Å². The highest BCUT2D eigenvalue weighted by Crippen LogP contribution is 2.15. The van der Waals surface area contributed by atoms with Crippen molar-refractivity contribution in [2.45, 2.75) is 18.9 Å². The molecule has 1 fully saturated rings. The van der Waals surface area contributed by atoms with Crippen molar-refractivity contribution >= 4 is 17.6 Å². The van der Waals surface area contributed by atoms with Crippen LogP contribution in [0.2, 0.25) is 0 Å². The number of aliphatic imine (C=N–C) groups is 1. The molecular weight excluding hydrogens is 378 g/mol. The van der Waals surface area contributed by atoms with Gasteiger partial charge in [-0.05, 0) is 43.2 Å². The van der Waals surface area contributed by atoms with Gasteiger partial charge in [-0.15, -0.1) is 0 Å². The van der Waals surface area contributed by atoms with Gasteiger partial charge in [-0.1, -0.05) is 0 Å². The van der Waals surface area contributed by atoms with E-state index in [1.807, 2.05) is 0 Å². The standard InChI is InChI=1S/C19H17F4N3O2/c20-12-7-13(21)9-14(8-12)25-19(24-10-15-2-1-5-28-15)26-18(27)11-3-4-16(22)17(23)6-11/h3-4,6-9,15H,1-2,5,10H2,(H2,24,25,26,27)/t15-/m1/s1. The lowest BCUT2D eigenvalue weighted by molar-refractivity contribution is 0.0975. The Morgan fingerprint density at radius 3 is 2.46 bits per heavy atom. The lowest BCUT2D eigenvalue weighted by Gasteiger charge is -2.13. The summed E-state index contributed by atoms with van der Waals surface area (Å²) in [4.78, 5) is 16.5. The molecule has 1 aliphatic heterocycles. The number of anilines is 1. The molecule has 1 aliphatic rings. The molecule has 1 amide bonds. The Hall–Kier alpha value is -2.94. The van der Waals surface area contributed by atoms with E-state index in [4.69, 9.17) is 4.74 Å². The fraction of sp³-hybridized carbons (Fsp3) is 0.263. The van der Waals surface area contributed by atoms with Crippen LogP contribution in [-0.2, 0) is 4.74 Å². The first-order valence-electron chi connectivity index (χ1n) is 8.56. The predicted octanol–water partition coefficient (Wildman–Crippen LogP) is 3.62. The fourth-order valence-electron chi connectivity index (χ4n) is 2.67. The third-order valence-electron chi connectivity index (χ3n) is 4.02. The molecule has 2 aromatic rings. The SMILES string of the molecule is O=C(NC(=NC[C@H]1CCCO1)Nc1cc(F)cc(F)c1)c1ccc(F)c(F)c1. The van der Waals surface area contributed by atoms with Gasteiger partial charge in [0.05, 0.1) is 12.6 Å². The Balaban J connectivity index is 1.79. The highest BCUT2D eigenvalue weighted by Gasteiger charge is 2.17. The van der Waals surface area contributed by atoms with Crippen LogP contribution in [0, 0.1) is 23.3 Å². The molecule has 1 heterocycles. The van der Waals surface area contributed by atoms with E-state index in [9.17, 15) is 22.4 Å². The van der Waals surface area contributed by atoms with Crippen molar-refractivity contribution in [3.63, 3.8) is 0 Å². The van der Waals surface area contributed by atoms with Crippen LogP contribution < -0.4 is 10.6 Å². The van der Waals surface area contributed by atoms with Crippen LogP contribution in [0.15, 0.2) is 41.4 Å². The van der Waals surface area contributed by atoms with Crippen molar-refractivity contribution < 1.29 is 27.1 Å². The number of hydrogen-bond acceptors (Lipinski definition) is 3. The number of halogens is 4. The molecular formula is C19H17F4N3O2. The molecule has 2 N–H and O–H groups in total. The number of benzene rings is 2. The molecule has 0 aliphatic carbocycles. The summed E-state index contributed by atoms with van der Waals surface area (Å²) in [5, 5.41) is 5.03. The molecule has 0 aromatic heterocycles. The lowest BCUT2D eigenvalue weighted by atomic mass is 10.2. The Morgan fingerprint density at radius 2 is 1.82 bits per heavy atom. The second-order valence-corrected chi connectivity index (χ2v) is 6.19. The second-order valence-electron chi connectivity index (χ2n) is 6.19. The van der Waals surface area contributed by atoms with E-state index in [1.165, 1.54) is 0 Å². The van der Waals surface area contributed by atoms with Gasteiger partial charge in [-0.3, -0.25) is 10.1 Å². The number of ether oxygens (including phenoxy) is 1. The van der Waals surface area contributed by atoms with Crippen LogP contribution in [-0.4, -0.2) is 31.1 Å². The molecule has 9 heteroatoms. The van der Waals surface area contributed by atoms with E-state index < -0.39 is 29.2 Å². The summed E-state index contributed by atoms with van der Waals surface area (Å²) < 4.78 is 58.7. The summed E-state index contributed by atoms with van der Waals surface area (Å²) in [5.74, 6) is -4.76. The van der Waals surface area contributed by atoms with Crippen molar-refractivity contribution in [3.8, 4) is 0 Å². The van der Waals surface area contributed by atoms with Crippen LogP contribution >= 0.6 is 0 Å². The zero-order chi connectivity index (χ0) is 20.1. The summed E-state index contributed by atoms with van der Waals surface area (Å²) in [6.45, 7) is 0.817. The minimum atomic E-state index is -1.18. The molecule has 0 bridgehead atoms. The second kappa shape index (κ2) is 8.83. The van der Waals surface area contributed by atoms with Crippen LogP contribution in [0.3, 0.4) is 0 Å². The van der Waals surface area contributed by atoms with Gasteiger partial charge in [-0.25, -0.2) is 22.6 Å². The normalized spacial score (nSPS) is 16.9. The van der Waals surface area contributed by atoms with E-state index in [0.717, 1.165) is 43.2 Å². The zero-order valence-electron chi connectivity index (χ0n) is 14.6. The maximum absolute atomic E-state index is 13.4. The summed E-state index contributed by atoms with van der Waals surface area (Å²) in [6, 6.07) is 5.41.